The van der Waals surface area contributed by atoms with E-state index < -0.39 is 11.6 Å². The summed E-state index contributed by atoms with van der Waals surface area (Å²) in [7, 11) is 4.12. The summed E-state index contributed by atoms with van der Waals surface area (Å²) in [5, 5.41) is 14.6. The fourth-order valence-corrected chi connectivity index (χ4v) is 5.79. The zero-order chi connectivity index (χ0) is 31.7. The summed E-state index contributed by atoms with van der Waals surface area (Å²) in [5.41, 5.74) is 3.27. The number of rotatable bonds is 5. The molecule has 9 nitrogen and oxygen atoms in total. The molecule has 2 aliphatic rings. The minimum Gasteiger partial charge on any atom is -0.343 e. The molecule has 0 bridgehead atoms. The largest absolute Gasteiger partial charge is 0.343 e. The third kappa shape index (κ3) is 6.75. The van der Waals surface area contributed by atoms with Crippen molar-refractivity contribution < 1.29 is 13.6 Å². The second kappa shape index (κ2) is 13.7. The highest BCUT2D eigenvalue weighted by molar-refractivity contribution is 6.31. The average Bonchev–Trinajstić information content (AvgIpc) is 3.18. The van der Waals surface area contributed by atoms with Gasteiger partial charge in [-0.1, -0.05) is 31.2 Å². The second-order valence-electron chi connectivity index (χ2n) is 11.2. The number of nitrogens with zero attached hydrogens (tertiary/aromatic N) is 5. The first-order chi connectivity index (χ1) is 21.7. The summed E-state index contributed by atoms with van der Waals surface area (Å²) < 4.78 is 29.7. The summed E-state index contributed by atoms with van der Waals surface area (Å²) >= 11 is 6.31. The molecule has 1 saturated heterocycles. The third-order valence-corrected chi connectivity index (χ3v) is 8.34. The number of likely N-dealkylation sites (tertiary alicyclic amines) is 1. The van der Waals surface area contributed by atoms with Gasteiger partial charge in [0.2, 0.25) is 5.95 Å². The Morgan fingerprint density at radius 1 is 1.02 bits per heavy atom. The maximum Gasteiger partial charge on any atom is 0.257 e. The fourth-order valence-electron chi connectivity index (χ4n) is 5.62. The van der Waals surface area contributed by atoms with Crippen LogP contribution in [0.2, 0.25) is 5.02 Å². The van der Waals surface area contributed by atoms with Gasteiger partial charge in [-0.2, -0.15) is 0 Å². The highest BCUT2D eigenvalue weighted by Gasteiger charge is 2.26. The Balaban J connectivity index is 0.00000417. The Kier molecular flexibility index (Phi) is 9.74. The smallest absolute Gasteiger partial charge is 0.257 e. The van der Waals surface area contributed by atoms with Gasteiger partial charge >= 0.3 is 0 Å². The number of amides is 1. The Labute approximate surface area is 271 Å². The Bertz CT molecular complexity index is 1780. The molecule has 238 valence electrons. The van der Waals surface area contributed by atoms with Gasteiger partial charge in [-0.05, 0) is 75.5 Å². The number of fused-ring (bicyclic) bond motifs is 3. The number of anilines is 2. The summed E-state index contributed by atoms with van der Waals surface area (Å²) in [6, 6.07) is 16.0. The van der Waals surface area contributed by atoms with Crippen molar-refractivity contribution in [2.45, 2.75) is 32.9 Å². The van der Waals surface area contributed by atoms with Crippen molar-refractivity contribution in [2.24, 2.45) is 4.99 Å². The molecule has 0 unspecified atom stereocenters. The van der Waals surface area contributed by atoms with Crippen molar-refractivity contribution in [2.75, 3.05) is 32.5 Å². The molecule has 6 rings (SSSR count). The van der Waals surface area contributed by atoms with E-state index in [-0.39, 0.29) is 43.1 Å². The molecule has 46 heavy (non-hydrogen) atoms. The van der Waals surface area contributed by atoms with Crippen LogP contribution in [0.5, 0.6) is 0 Å². The molecular formula is C34H35ClF2N8O. The quantitative estimate of drug-likeness (QED) is 0.169. The number of guanidine groups is 1. The lowest BCUT2D eigenvalue weighted by Crippen LogP contribution is -2.49. The van der Waals surface area contributed by atoms with Crippen LogP contribution >= 0.6 is 11.6 Å². The number of aromatic nitrogens is 2. The third-order valence-electron chi connectivity index (χ3n) is 8.11. The molecule has 3 heterocycles. The van der Waals surface area contributed by atoms with Crippen LogP contribution < -0.4 is 10.6 Å². The maximum absolute atomic E-state index is 14.8. The van der Waals surface area contributed by atoms with E-state index in [0.29, 0.717) is 44.7 Å². The highest BCUT2D eigenvalue weighted by Crippen LogP contribution is 2.34. The molecule has 4 aromatic rings. The Morgan fingerprint density at radius 3 is 2.39 bits per heavy atom. The summed E-state index contributed by atoms with van der Waals surface area (Å²) in [4.78, 5) is 30.7. The second-order valence-corrected chi connectivity index (χ2v) is 11.6. The number of hydrogen-bond acceptors (Lipinski definition) is 7. The van der Waals surface area contributed by atoms with Crippen molar-refractivity contribution in [3.63, 3.8) is 0 Å². The minimum atomic E-state index is -0.724. The van der Waals surface area contributed by atoms with E-state index in [4.69, 9.17) is 22.0 Å². The molecule has 0 saturated carbocycles. The molecule has 0 atom stereocenters. The number of carbonyl (C=O) groups excluding carboxylic acids is 1. The molecular weight excluding hydrogens is 610 g/mol. The topological polar surface area (TPSA) is 110 Å². The van der Waals surface area contributed by atoms with Crippen LogP contribution in [-0.4, -0.2) is 70.6 Å². The monoisotopic (exact) mass is 644 g/mol. The van der Waals surface area contributed by atoms with Crippen LogP contribution in [0.25, 0.3) is 11.3 Å². The van der Waals surface area contributed by atoms with Crippen molar-refractivity contribution >= 4 is 40.8 Å². The zero-order valence-electron chi connectivity index (χ0n) is 24.7. The van der Waals surface area contributed by atoms with Gasteiger partial charge in [0.15, 0.2) is 5.96 Å². The highest BCUT2D eigenvalue weighted by atomic mass is 35.5. The van der Waals surface area contributed by atoms with E-state index in [1.807, 2.05) is 4.90 Å². The molecule has 1 fully saturated rings. The number of piperidine rings is 1. The van der Waals surface area contributed by atoms with Crippen LogP contribution in [0.3, 0.4) is 0 Å². The average molecular weight is 645 g/mol. The number of nitrogens with one attached hydrogen (secondary N) is 3. The summed E-state index contributed by atoms with van der Waals surface area (Å²) in [6.45, 7) is 1.55. The van der Waals surface area contributed by atoms with Gasteiger partial charge < -0.3 is 15.1 Å². The first kappa shape index (κ1) is 32.6. The van der Waals surface area contributed by atoms with E-state index in [9.17, 15) is 13.6 Å². The number of benzene rings is 3. The van der Waals surface area contributed by atoms with Crippen molar-refractivity contribution in [1.82, 2.24) is 25.1 Å². The SMILES string of the molecule is C.CN(C)C1CCN(C(=N)NC(=O)c2ccc(Nc3ncc4c(n3)-c3ccc(Cl)cc3C(c3c(F)cccc3F)=NC4)cc2)CC1. The Hall–Kier alpha value is -4.74. The predicted molar refractivity (Wildman–Crippen MR) is 178 cm³/mol. The van der Waals surface area contributed by atoms with Crippen molar-refractivity contribution in [3.05, 3.63) is 106 Å². The summed E-state index contributed by atoms with van der Waals surface area (Å²) in [6.07, 6.45) is 3.50. The predicted octanol–water partition coefficient (Wildman–Crippen LogP) is 6.50. The minimum absolute atomic E-state index is 0. The first-order valence-corrected chi connectivity index (χ1v) is 14.9. The van der Waals surface area contributed by atoms with Gasteiger partial charge in [0.1, 0.15) is 11.6 Å². The van der Waals surface area contributed by atoms with Crippen LogP contribution in [0.15, 0.2) is 71.9 Å². The van der Waals surface area contributed by atoms with E-state index in [0.717, 1.165) is 25.9 Å². The van der Waals surface area contributed by atoms with Crippen molar-refractivity contribution in [3.8, 4) is 11.3 Å². The van der Waals surface area contributed by atoms with Crippen LogP contribution in [0.4, 0.5) is 20.4 Å². The van der Waals surface area contributed by atoms with E-state index in [1.54, 1.807) is 48.7 Å². The van der Waals surface area contributed by atoms with Gasteiger partial charge in [-0.25, -0.2) is 18.7 Å². The van der Waals surface area contributed by atoms with Crippen molar-refractivity contribution in [1.29, 1.82) is 5.41 Å². The van der Waals surface area contributed by atoms with Crippen LogP contribution in [0.1, 0.15) is 47.3 Å². The lowest BCUT2D eigenvalue weighted by atomic mass is 9.95. The molecule has 3 N–H and O–H groups in total. The number of halogens is 3. The first-order valence-electron chi connectivity index (χ1n) is 14.5. The molecule has 0 aliphatic carbocycles. The molecule has 1 aromatic heterocycles. The molecule has 0 spiro atoms. The molecule has 0 radical (unpaired) electrons. The lowest BCUT2D eigenvalue weighted by Gasteiger charge is -2.36. The van der Waals surface area contributed by atoms with E-state index >= 15 is 0 Å². The van der Waals surface area contributed by atoms with Crippen LogP contribution in [-0.2, 0) is 6.54 Å². The van der Waals surface area contributed by atoms with Gasteiger partial charge in [-0.3, -0.25) is 20.5 Å². The van der Waals surface area contributed by atoms with Gasteiger partial charge in [0.05, 0.1) is 23.5 Å². The van der Waals surface area contributed by atoms with E-state index in [1.165, 1.54) is 18.2 Å². The van der Waals surface area contributed by atoms with Gasteiger partial charge in [0, 0.05) is 58.3 Å². The maximum atomic E-state index is 14.8. The fraction of sp³-hybridized carbons (Fsp3) is 0.265. The summed E-state index contributed by atoms with van der Waals surface area (Å²) in [5.74, 6) is -1.42. The molecule has 1 amide bonds. The molecule has 12 heteroatoms. The van der Waals surface area contributed by atoms with Gasteiger partial charge in [0.25, 0.3) is 5.91 Å². The zero-order valence-corrected chi connectivity index (χ0v) is 25.5. The molecule has 3 aromatic carbocycles. The number of aliphatic imine (C=N–C) groups is 1. The normalized spacial score (nSPS) is 14.4. The van der Waals surface area contributed by atoms with Gasteiger partial charge in [-0.15, -0.1) is 0 Å². The molecule has 2 aliphatic heterocycles. The Morgan fingerprint density at radius 2 is 1.72 bits per heavy atom. The number of hydrogen-bond donors (Lipinski definition) is 3. The lowest BCUT2D eigenvalue weighted by molar-refractivity contribution is 0.0968. The van der Waals surface area contributed by atoms with Crippen LogP contribution in [0, 0.1) is 17.0 Å². The standard InChI is InChI=1S/C33H31ClF2N8O.CH4/c1-43(2)23-12-14-44(15-13-23)32(37)42-31(45)19-6-9-22(10-7-19)40-33-39-18-20-17-38-30(28-26(35)4-3-5-27(28)36)25-16-21(34)8-11-24(25)29(20)41-33;/h3-11,16,18,23H,12-15,17H2,1-2H3,(H2,37,42,45)(H,39,40,41);1H4. The number of carbonyl (C=O) groups is 1. The van der Waals surface area contributed by atoms with E-state index in [2.05, 4.69) is 39.6 Å².